The monoisotopic (exact) mass is 396 g/mol. The minimum absolute atomic E-state index is 0.399. The van der Waals surface area contributed by atoms with Gasteiger partial charge in [0.15, 0.2) is 0 Å². The van der Waals surface area contributed by atoms with Crippen LogP contribution in [0.4, 0.5) is 0 Å². The fourth-order valence-electron chi connectivity index (χ4n) is 3.90. The van der Waals surface area contributed by atoms with Gasteiger partial charge in [0.2, 0.25) is 0 Å². The van der Waals surface area contributed by atoms with E-state index in [9.17, 15) is 0 Å². The topological polar surface area (TPSA) is 36.3 Å². The van der Waals surface area contributed by atoms with Gasteiger partial charge in [0.1, 0.15) is 5.82 Å². The molecule has 0 spiro atoms. The van der Waals surface area contributed by atoms with Crippen LogP contribution in [0.1, 0.15) is 27.7 Å². The molecule has 3 aromatic carbocycles. The Hall–Kier alpha value is -2.89. The lowest BCUT2D eigenvalue weighted by molar-refractivity contribution is 0.00578. The maximum absolute atomic E-state index is 6.35. The second kappa shape index (κ2) is 6.83. The van der Waals surface area contributed by atoms with Crippen molar-refractivity contribution in [1.29, 1.82) is 0 Å². The fourth-order valence-corrected chi connectivity index (χ4v) is 3.90. The van der Waals surface area contributed by atoms with Crippen LogP contribution in [0.2, 0.25) is 0 Å². The highest BCUT2D eigenvalue weighted by Crippen LogP contribution is 2.37. The maximum atomic E-state index is 6.35. The summed E-state index contributed by atoms with van der Waals surface area (Å²) < 4.78 is 14.9. The first kappa shape index (κ1) is 19.1. The summed E-state index contributed by atoms with van der Waals surface area (Å²) >= 11 is 0. The molecule has 1 aliphatic heterocycles. The molecule has 5 heteroatoms. The molecular weight excluding hydrogens is 371 g/mol. The van der Waals surface area contributed by atoms with Gasteiger partial charge >= 0.3 is 7.12 Å². The molecule has 30 heavy (non-hydrogen) atoms. The van der Waals surface area contributed by atoms with E-state index in [4.69, 9.17) is 14.3 Å². The van der Waals surface area contributed by atoms with E-state index in [2.05, 4.69) is 74.7 Å². The van der Waals surface area contributed by atoms with Crippen LogP contribution in [0.5, 0.6) is 0 Å². The largest absolute Gasteiger partial charge is 0.497 e. The zero-order valence-corrected chi connectivity index (χ0v) is 17.8. The van der Waals surface area contributed by atoms with Crippen LogP contribution in [-0.2, 0) is 9.31 Å². The van der Waals surface area contributed by atoms with Gasteiger partial charge in [0.05, 0.1) is 22.2 Å². The van der Waals surface area contributed by atoms with Crippen LogP contribution in [-0.4, -0.2) is 27.9 Å². The summed E-state index contributed by atoms with van der Waals surface area (Å²) in [5, 5.41) is 0. The number of benzene rings is 3. The van der Waals surface area contributed by atoms with Crippen molar-refractivity contribution < 1.29 is 9.31 Å². The average molecular weight is 396 g/mol. The Morgan fingerprint density at radius 1 is 0.733 bits per heavy atom. The van der Waals surface area contributed by atoms with E-state index >= 15 is 0 Å². The number of hydrogen-bond donors (Lipinski definition) is 0. The molecule has 0 unspecified atom stereocenters. The molecule has 0 bridgehead atoms. The summed E-state index contributed by atoms with van der Waals surface area (Å²) in [6, 6.07) is 26.8. The Bertz CT molecular complexity index is 1180. The smallest absolute Gasteiger partial charge is 0.399 e. The Morgan fingerprint density at radius 2 is 1.33 bits per heavy atom. The van der Waals surface area contributed by atoms with Crippen LogP contribution in [0.25, 0.3) is 28.1 Å². The van der Waals surface area contributed by atoms with Gasteiger partial charge in [0, 0.05) is 16.7 Å². The highest BCUT2D eigenvalue weighted by Gasteiger charge is 2.52. The first-order valence-corrected chi connectivity index (χ1v) is 10.4. The van der Waals surface area contributed by atoms with Gasteiger partial charge in [-0.3, -0.25) is 4.57 Å². The highest BCUT2D eigenvalue weighted by atomic mass is 16.7. The highest BCUT2D eigenvalue weighted by molar-refractivity contribution is 6.65. The first-order chi connectivity index (χ1) is 14.4. The summed E-state index contributed by atoms with van der Waals surface area (Å²) in [5.74, 6) is 0.903. The van der Waals surface area contributed by atoms with Gasteiger partial charge in [-0.2, -0.15) is 0 Å². The molecule has 5 rings (SSSR count). The van der Waals surface area contributed by atoms with Crippen LogP contribution >= 0.6 is 0 Å². The Kier molecular flexibility index (Phi) is 4.35. The molecule has 4 nitrogen and oxygen atoms in total. The second-order valence-corrected chi connectivity index (χ2v) is 8.78. The zero-order valence-electron chi connectivity index (χ0n) is 17.8. The Labute approximate surface area is 177 Å². The molecule has 1 aromatic heterocycles. The molecule has 150 valence electrons. The summed E-state index contributed by atoms with van der Waals surface area (Å²) in [6.45, 7) is 8.30. The Morgan fingerprint density at radius 3 is 1.97 bits per heavy atom. The van der Waals surface area contributed by atoms with Crippen molar-refractivity contribution in [1.82, 2.24) is 9.55 Å². The molecule has 0 atom stereocenters. The van der Waals surface area contributed by atoms with Crippen LogP contribution in [0.15, 0.2) is 78.9 Å². The molecule has 0 N–H and O–H groups in total. The quantitative estimate of drug-likeness (QED) is 0.458. The van der Waals surface area contributed by atoms with Gasteiger partial charge in [-0.05, 0) is 45.9 Å². The van der Waals surface area contributed by atoms with Gasteiger partial charge in [-0.25, -0.2) is 4.98 Å². The summed E-state index contributed by atoms with van der Waals surface area (Å²) in [7, 11) is -0.457. The molecule has 0 amide bonds. The molecule has 2 heterocycles. The minimum atomic E-state index is -0.457. The van der Waals surface area contributed by atoms with Crippen molar-refractivity contribution in [2.45, 2.75) is 38.9 Å². The van der Waals surface area contributed by atoms with E-state index in [0.717, 1.165) is 33.6 Å². The van der Waals surface area contributed by atoms with Crippen molar-refractivity contribution >= 4 is 23.6 Å². The molecule has 4 aromatic rings. The predicted octanol–water partition coefficient (Wildman–Crippen LogP) is 4.99. The number of imidazole rings is 1. The van der Waals surface area contributed by atoms with E-state index in [1.165, 1.54) is 0 Å². The van der Waals surface area contributed by atoms with Crippen molar-refractivity contribution in [2.75, 3.05) is 0 Å². The predicted molar refractivity (Wildman–Crippen MR) is 122 cm³/mol. The van der Waals surface area contributed by atoms with Gasteiger partial charge in [-0.1, -0.05) is 60.7 Å². The van der Waals surface area contributed by atoms with Crippen molar-refractivity contribution in [3.8, 4) is 17.1 Å². The average Bonchev–Trinajstić information content (AvgIpc) is 3.23. The second-order valence-electron chi connectivity index (χ2n) is 8.78. The number of aromatic nitrogens is 2. The van der Waals surface area contributed by atoms with Crippen LogP contribution in [0.3, 0.4) is 0 Å². The molecule has 0 saturated carbocycles. The summed E-state index contributed by atoms with van der Waals surface area (Å²) in [5.41, 5.74) is 4.24. The van der Waals surface area contributed by atoms with Gasteiger partial charge in [-0.15, -0.1) is 0 Å². The maximum Gasteiger partial charge on any atom is 0.497 e. The molecular formula is C25H25BN2O2. The van der Waals surface area contributed by atoms with Crippen molar-refractivity contribution in [3.05, 3.63) is 78.9 Å². The lowest BCUT2D eigenvalue weighted by atomic mass is 9.78. The molecule has 1 aliphatic rings. The molecule has 0 aliphatic carbocycles. The summed E-state index contributed by atoms with van der Waals surface area (Å²) in [4.78, 5) is 5.10. The van der Waals surface area contributed by atoms with E-state index in [1.807, 2.05) is 36.4 Å². The SMILES string of the molecule is CC1(C)OB(c2cccc3c2nc(-c2ccccc2)n3-c2ccccc2)OC1(C)C. The summed E-state index contributed by atoms with van der Waals surface area (Å²) in [6.07, 6.45) is 0. The number of fused-ring (bicyclic) bond motifs is 1. The number of hydrogen-bond acceptors (Lipinski definition) is 3. The van der Waals surface area contributed by atoms with Crippen LogP contribution in [0, 0.1) is 0 Å². The van der Waals surface area contributed by atoms with E-state index in [0.29, 0.717) is 0 Å². The van der Waals surface area contributed by atoms with Crippen molar-refractivity contribution in [2.24, 2.45) is 0 Å². The third-order valence-corrected chi connectivity index (χ3v) is 6.27. The van der Waals surface area contributed by atoms with Crippen molar-refractivity contribution in [3.63, 3.8) is 0 Å². The van der Waals surface area contributed by atoms with Gasteiger partial charge < -0.3 is 9.31 Å². The number of nitrogens with zero attached hydrogens (tertiary/aromatic N) is 2. The lowest BCUT2D eigenvalue weighted by Crippen LogP contribution is -2.41. The van der Waals surface area contributed by atoms with E-state index < -0.39 is 18.3 Å². The molecule has 1 saturated heterocycles. The number of rotatable bonds is 3. The van der Waals surface area contributed by atoms with E-state index in [-0.39, 0.29) is 0 Å². The lowest BCUT2D eigenvalue weighted by Gasteiger charge is -2.32. The Balaban J connectivity index is 1.75. The number of para-hydroxylation sites is 2. The minimum Gasteiger partial charge on any atom is -0.399 e. The van der Waals surface area contributed by atoms with Gasteiger partial charge in [0.25, 0.3) is 0 Å². The molecule has 0 radical (unpaired) electrons. The van der Waals surface area contributed by atoms with Crippen LogP contribution < -0.4 is 5.46 Å². The molecule has 1 fully saturated rings. The normalized spacial score (nSPS) is 17.5. The zero-order chi connectivity index (χ0) is 20.9. The fraction of sp³-hybridized carbons (Fsp3) is 0.240. The third kappa shape index (κ3) is 2.97. The first-order valence-electron chi connectivity index (χ1n) is 10.4. The van der Waals surface area contributed by atoms with E-state index in [1.54, 1.807) is 0 Å². The third-order valence-electron chi connectivity index (χ3n) is 6.27. The standard InChI is InChI=1S/C25H25BN2O2/c1-24(2)25(3,4)30-26(29-24)20-16-11-17-21-22(20)27-23(18-12-7-5-8-13-18)28(21)19-14-9-6-10-15-19/h5-17H,1-4H3.